The SMILES string of the molecule is Cc1cc(C)c(-c2ccc(N3CCN(C(=O)c4cc([N+](=O)[O-])cc([N+](=O)[O-])c4)CC3)nn2)cc1C. The molecule has 1 fully saturated rings. The molecule has 1 aromatic heterocycles. The van der Waals surface area contributed by atoms with Gasteiger partial charge in [-0.25, -0.2) is 0 Å². The van der Waals surface area contributed by atoms with Gasteiger partial charge >= 0.3 is 0 Å². The number of nitro groups is 2. The van der Waals surface area contributed by atoms with E-state index in [1.165, 1.54) is 16.0 Å². The van der Waals surface area contributed by atoms with Crippen LogP contribution in [0.5, 0.6) is 0 Å². The maximum Gasteiger partial charge on any atom is 0.277 e. The number of aryl methyl sites for hydroxylation is 3. The van der Waals surface area contributed by atoms with Crippen LogP contribution in [0.3, 0.4) is 0 Å². The van der Waals surface area contributed by atoms with Crippen LogP contribution in [0.25, 0.3) is 11.3 Å². The number of anilines is 1. The number of nitro benzene ring substituents is 2. The van der Waals surface area contributed by atoms with Crippen molar-refractivity contribution in [2.75, 3.05) is 31.1 Å². The molecule has 1 amide bonds. The van der Waals surface area contributed by atoms with E-state index in [4.69, 9.17) is 0 Å². The third-order valence-corrected chi connectivity index (χ3v) is 6.23. The molecule has 180 valence electrons. The van der Waals surface area contributed by atoms with Crippen LogP contribution in [-0.4, -0.2) is 57.0 Å². The first kappa shape index (κ1) is 23.7. The lowest BCUT2D eigenvalue weighted by Gasteiger charge is -2.35. The predicted molar refractivity (Wildman–Crippen MR) is 130 cm³/mol. The Morgan fingerprint density at radius 1 is 0.800 bits per heavy atom. The topological polar surface area (TPSA) is 136 Å². The lowest BCUT2D eigenvalue weighted by Crippen LogP contribution is -2.49. The van der Waals surface area contributed by atoms with E-state index in [1.54, 1.807) is 0 Å². The van der Waals surface area contributed by atoms with Gasteiger partial charge in [-0.1, -0.05) is 6.07 Å². The van der Waals surface area contributed by atoms with Crippen molar-refractivity contribution in [3.63, 3.8) is 0 Å². The number of carbonyl (C=O) groups is 1. The van der Waals surface area contributed by atoms with Gasteiger partial charge in [0.05, 0.1) is 27.2 Å². The lowest BCUT2D eigenvalue weighted by molar-refractivity contribution is -0.394. The molecule has 0 saturated carbocycles. The molecule has 1 saturated heterocycles. The molecule has 0 N–H and O–H groups in total. The van der Waals surface area contributed by atoms with E-state index in [1.807, 2.05) is 24.0 Å². The second-order valence-corrected chi connectivity index (χ2v) is 8.56. The Morgan fingerprint density at radius 2 is 1.40 bits per heavy atom. The highest BCUT2D eigenvalue weighted by Gasteiger charge is 2.26. The predicted octanol–water partition coefficient (Wildman–Crippen LogP) is 3.85. The summed E-state index contributed by atoms with van der Waals surface area (Å²) in [6, 6.07) is 11.1. The molecule has 11 nitrogen and oxygen atoms in total. The van der Waals surface area contributed by atoms with Crippen molar-refractivity contribution in [1.29, 1.82) is 0 Å². The zero-order valence-corrected chi connectivity index (χ0v) is 19.6. The number of hydrogen-bond donors (Lipinski definition) is 0. The Morgan fingerprint density at radius 3 is 1.94 bits per heavy atom. The molecule has 1 aliphatic rings. The van der Waals surface area contributed by atoms with Crippen molar-refractivity contribution in [1.82, 2.24) is 15.1 Å². The van der Waals surface area contributed by atoms with Crippen LogP contribution in [0.4, 0.5) is 17.2 Å². The highest BCUT2D eigenvalue weighted by molar-refractivity contribution is 5.95. The molecule has 3 aromatic rings. The summed E-state index contributed by atoms with van der Waals surface area (Å²) in [4.78, 5) is 37.2. The average molecular weight is 476 g/mol. The van der Waals surface area contributed by atoms with E-state index in [2.05, 4.69) is 36.2 Å². The van der Waals surface area contributed by atoms with Crippen molar-refractivity contribution in [3.8, 4) is 11.3 Å². The third-order valence-electron chi connectivity index (χ3n) is 6.23. The van der Waals surface area contributed by atoms with Gasteiger partial charge in [-0.2, -0.15) is 0 Å². The van der Waals surface area contributed by atoms with E-state index in [-0.39, 0.29) is 5.56 Å². The lowest BCUT2D eigenvalue weighted by atomic mass is 9.99. The summed E-state index contributed by atoms with van der Waals surface area (Å²) in [5.41, 5.74) is 4.31. The molecule has 0 aliphatic carbocycles. The van der Waals surface area contributed by atoms with Crippen LogP contribution in [0, 0.1) is 41.0 Å². The minimum atomic E-state index is -0.747. The number of benzene rings is 2. The summed E-state index contributed by atoms with van der Waals surface area (Å²) in [7, 11) is 0. The average Bonchev–Trinajstić information content (AvgIpc) is 2.85. The molecule has 0 atom stereocenters. The molecule has 35 heavy (non-hydrogen) atoms. The van der Waals surface area contributed by atoms with Gasteiger partial charge in [0.15, 0.2) is 5.82 Å². The van der Waals surface area contributed by atoms with Gasteiger partial charge in [-0.3, -0.25) is 25.0 Å². The fourth-order valence-electron chi connectivity index (χ4n) is 4.12. The maximum absolute atomic E-state index is 12.9. The van der Waals surface area contributed by atoms with Crippen LogP contribution in [0.15, 0.2) is 42.5 Å². The quantitative estimate of drug-likeness (QED) is 0.400. The Kier molecular flexibility index (Phi) is 6.41. The fourth-order valence-corrected chi connectivity index (χ4v) is 4.12. The second kappa shape index (κ2) is 9.45. The number of amides is 1. The second-order valence-electron chi connectivity index (χ2n) is 8.56. The molecule has 1 aliphatic heterocycles. The van der Waals surface area contributed by atoms with E-state index in [9.17, 15) is 25.0 Å². The van der Waals surface area contributed by atoms with Crippen molar-refractivity contribution in [2.45, 2.75) is 20.8 Å². The Labute approximate surface area is 201 Å². The van der Waals surface area contributed by atoms with Gasteiger partial charge in [0.2, 0.25) is 0 Å². The van der Waals surface area contributed by atoms with Gasteiger partial charge in [0, 0.05) is 43.9 Å². The standard InChI is InChI=1S/C24H24N6O5/c1-15-10-17(3)21(11-16(15)2)22-4-5-23(26-25-22)27-6-8-28(9-7-27)24(31)18-12-19(29(32)33)14-20(13-18)30(34)35/h4-5,10-14H,6-9H2,1-3H3. The molecule has 11 heteroatoms. The zero-order valence-electron chi connectivity index (χ0n) is 19.6. The number of non-ortho nitro benzene ring substituents is 2. The normalized spacial score (nSPS) is 13.6. The van der Waals surface area contributed by atoms with Crippen LogP contribution < -0.4 is 4.90 Å². The summed E-state index contributed by atoms with van der Waals surface area (Å²) in [6.45, 7) is 7.84. The van der Waals surface area contributed by atoms with Gasteiger partial charge in [0.1, 0.15) is 0 Å². The van der Waals surface area contributed by atoms with Crippen molar-refractivity contribution in [3.05, 3.63) is 84.9 Å². The molecule has 4 rings (SSSR count). The fraction of sp³-hybridized carbons (Fsp3) is 0.292. The number of aromatic nitrogens is 2. The number of piperazine rings is 1. The van der Waals surface area contributed by atoms with Crippen molar-refractivity contribution in [2.24, 2.45) is 0 Å². The molecule has 0 bridgehead atoms. The summed E-state index contributed by atoms with van der Waals surface area (Å²) < 4.78 is 0. The highest BCUT2D eigenvalue weighted by atomic mass is 16.6. The minimum absolute atomic E-state index is 0.0766. The molecule has 2 aromatic carbocycles. The maximum atomic E-state index is 12.9. The monoisotopic (exact) mass is 476 g/mol. The highest BCUT2D eigenvalue weighted by Crippen LogP contribution is 2.27. The first-order chi connectivity index (χ1) is 16.6. The summed E-state index contributed by atoms with van der Waals surface area (Å²) >= 11 is 0. The largest absolute Gasteiger partial charge is 0.352 e. The summed E-state index contributed by atoms with van der Waals surface area (Å²) in [6.07, 6.45) is 0. The van der Waals surface area contributed by atoms with E-state index in [0.29, 0.717) is 32.0 Å². The summed E-state index contributed by atoms with van der Waals surface area (Å²) in [5.74, 6) is 0.205. The Balaban J connectivity index is 1.46. The Bertz CT molecular complexity index is 1280. The minimum Gasteiger partial charge on any atom is -0.352 e. The molecular weight excluding hydrogens is 452 g/mol. The molecule has 0 radical (unpaired) electrons. The molecular formula is C24H24N6O5. The van der Waals surface area contributed by atoms with Crippen LogP contribution in [-0.2, 0) is 0 Å². The first-order valence-electron chi connectivity index (χ1n) is 11.0. The van der Waals surface area contributed by atoms with Crippen molar-refractivity contribution >= 4 is 23.1 Å². The van der Waals surface area contributed by atoms with Gasteiger partial charge in [-0.05, 0) is 55.7 Å². The molecule has 2 heterocycles. The summed E-state index contributed by atoms with van der Waals surface area (Å²) in [5, 5.41) is 31.1. The number of rotatable bonds is 5. The van der Waals surface area contributed by atoms with E-state index < -0.39 is 27.1 Å². The van der Waals surface area contributed by atoms with Crippen LogP contribution >= 0.6 is 0 Å². The first-order valence-corrected chi connectivity index (χ1v) is 11.0. The smallest absolute Gasteiger partial charge is 0.277 e. The molecule has 0 spiro atoms. The van der Waals surface area contributed by atoms with E-state index >= 15 is 0 Å². The van der Waals surface area contributed by atoms with Gasteiger partial charge in [-0.15, -0.1) is 10.2 Å². The van der Waals surface area contributed by atoms with Crippen LogP contribution in [0.1, 0.15) is 27.0 Å². The van der Waals surface area contributed by atoms with E-state index in [0.717, 1.165) is 35.0 Å². The zero-order chi connectivity index (χ0) is 25.3. The number of nitrogens with zero attached hydrogens (tertiary/aromatic N) is 6. The van der Waals surface area contributed by atoms with Gasteiger partial charge in [0.25, 0.3) is 17.3 Å². The number of hydrogen-bond acceptors (Lipinski definition) is 8. The van der Waals surface area contributed by atoms with Crippen LogP contribution in [0.2, 0.25) is 0 Å². The van der Waals surface area contributed by atoms with Crippen molar-refractivity contribution < 1.29 is 14.6 Å². The Hall–Kier alpha value is -4.41. The molecule has 0 unspecified atom stereocenters. The number of carbonyl (C=O) groups excluding carboxylic acids is 1. The van der Waals surface area contributed by atoms with Gasteiger partial charge < -0.3 is 9.80 Å². The third kappa shape index (κ3) is 4.93.